The van der Waals surface area contributed by atoms with Gasteiger partial charge in [0.15, 0.2) is 5.11 Å². The van der Waals surface area contributed by atoms with E-state index in [9.17, 15) is 9.18 Å². The van der Waals surface area contributed by atoms with Gasteiger partial charge in [0.2, 0.25) is 5.91 Å². The van der Waals surface area contributed by atoms with Gasteiger partial charge in [-0.3, -0.25) is 15.6 Å². The van der Waals surface area contributed by atoms with Crippen LogP contribution in [0.15, 0.2) is 42.5 Å². The molecular formula is C17H16Cl2FN3OS2. The molecule has 9 heteroatoms. The molecule has 0 aliphatic carbocycles. The highest BCUT2D eigenvalue weighted by atomic mass is 35.5. The molecule has 0 fully saturated rings. The number of halogens is 3. The lowest BCUT2D eigenvalue weighted by Gasteiger charge is -2.12. The Morgan fingerprint density at radius 1 is 1.15 bits per heavy atom. The van der Waals surface area contributed by atoms with E-state index in [-0.39, 0.29) is 16.8 Å². The molecule has 0 saturated heterocycles. The third kappa shape index (κ3) is 7.37. The predicted octanol–water partition coefficient (Wildman–Crippen LogP) is 4.77. The van der Waals surface area contributed by atoms with Crippen molar-refractivity contribution in [3.63, 3.8) is 0 Å². The molecule has 3 N–H and O–H groups in total. The summed E-state index contributed by atoms with van der Waals surface area (Å²) in [6, 6.07) is 11.4. The number of thioether (sulfide) groups is 1. The van der Waals surface area contributed by atoms with E-state index in [1.54, 1.807) is 36.0 Å². The third-order valence-corrected chi connectivity index (χ3v) is 4.91. The van der Waals surface area contributed by atoms with E-state index >= 15 is 0 Å². The van der Waals surface area contributed by atoms with Gasteiger partial charge < -0.3 is 5.32 Å². The van der Waals surface area contributed by atoms with E-state index in [0.29, 0.717) is 33.7 Å². The Bertz CT molecular complexity index is 792. The van der Waals surface area contributed by atoms with Crippen LogP contribution in [-0.4, -0.2) is 16.8 Å². The second-order valence-electron chi connectivity index (χ2n) is 5.18. The fraction of sp³-hybridized carbons (Fsp3) is 0.176. The number of benzene rings is 2. The number of hydrazine groups is 1. The van der Waals surface area contributed by atoms with Crippen molar-refractivity contribution in [2.24, 2.45) is 0 Å². The highest BCUT2D eigenvalue weighted by Gasteiger charge is 2.06. The number of thiocarbonyl (C=S) groups is 1. The summed E-state index contributed by atoms with van der Waals surface area (Å²) in [6.07, 6.45) is 0.303. The van der Waals surface area contributed by atoms with Crippen LogP contribution in [-0.2, 0) is 10.5 Å². The van der Waals surface area contributed by atoms with Crippen LogP contribution in [0.4, 0.5) is 10.1 Å². The summed E-state index contributed by atoms with van der Waals surface area (Å²) in [7, 11) is 0. The first-order chi connectivity index (χ1) is 12.4. The molecule has 1 amide bonds. The highest BCUT2D eigenvalue weighted by Crippen LogP contribution is 2.25. The van der Waals surface area contributed by atoms with Crippen molar-refractivity contribution in [3.8, 4) is 0 Å². The number of carbonyl (C=O) groups is 1. The van der Waals surface area contributed by atoms with Crippen LogP contribution in [0.2, 0.25) is 10.0 Å². The Morgan fingerprint density at radius 2 is 1.96 bits per heavy atom. The van der Waals surface area contributed by atoms with Gasteiger partial charge in [0.1, 0.15) is 5.82 Å². The minimum absolute atomic E-state index is 0.204. The molecule has 0 aliphatic rings. The number of carbonyl (C=O) groups excluding carboxylic acids is 1. The minimum Gasteiger partial charge on any atom is -0.330 e. The number of rotatable bonds is 6. The fourth-order valence-corrected chi connectivity index (χ4v) is 3.42. The van der Waals surface area contributed by atoms with Gasteiger partial charge >= 0.3 is 0 Å². The van der Waals surface area contributed by atoms with Gasteiger partial charge in [-0.1, -0.05) is 35.3 Å². The minimum atomic E-state index is -0.258. The van der Waals surface area contributed by atoms with Crippen molar-refractivity contribution in [1.82, 2.24) is 10.9 Å². The number of hydrogen-bond acceptors (Lipinski definition) is 3. The van der Waals surface area contributed by atoms with Crippen molar-refractivity contribution in [2.45, 2.75) is 12.2 Å². The molecule has 0 aliphatic heterocycles. The first kappa shape index (κ1) is 20.8. The normalized spacial score (nSPS) is 10.3. The molecule has 0 radical (unpaired) electrons. The SMILES string of the molecule is O=C(CCSCc1cccc(F)c1)NNC(=S)Nc1ccc(Cl)cc1Cl. The second kappa shape index (κ2) is 10.6. The first-order valence-electron chi connectivity index (χ1n) is 7.57. The predicted molar refractivity (Wildman–Crippen MR) is 111 cm³/mol. The number of amides is 1. The van der Waals surface area contributed by atoms with Gasteiger partial charge in [0, 0.05) is 22.9 Å². The molecule has 0 heterocycles. The molecule has 2 aromatic carbocycles. The Kier molecular flexibility index (Phi) is 8.44. The van der Waals surface area contributed by atoms with Crippen LogP contribution in [0.3, 0.4) is 0 Å². The molecule has 4 nitrogen and oxygen atoms in total. The number of nitrogens with one attached hydrogen (secondary N) is 3. The molecule has 0 bridgehead atoms. The Hall–Kier alpha value is -1.54. The summed E-state index contributed by atoms with van der Waals surface area (Å²) >= 11 is 18.5. The second-order valence-corrected chi connectivity index (χ2v) is 7.54. The maximum Gasteiger partial charge on any atom is 0.239 e. The lowest BCUT2D eigenvalue weighted by atomic mass is 10.2. The summed E-state index contributed by atoms with van der Waals surface area (Å²) in [5.41, 5.74) is 6.58. The first-order valence-corrected chi connectivity index (χ1v) is 9.89. The van der Waals surface area contributed by atoms with Crippen LogP contribution in [0.25, 0.3) is 0 Å². The lowest BCUT2D eigenvalue weighted by molar-refractivity contribution is -0.121. The fourth-order valence-electron chi connectivity index (χ4n) is 1.92. The number of anilines is 1. The zero-order chi connectivity index (χ0) is 18.9. The van der Waals surface area contributed by atoms with Gasteiger partial charge in [-0.05, 0) is 48.1 Å². The van der Waals surface area contributed by atoms with Gasteiger partial charge in [-0.25, -0.2) is 4.39 Å². The average molecular weight is 432 g/mol. The van der Waals surface area contributed by atoms with E-state index in [0.717, 1.165) is 5.56 Å². The maximum atomic E-state index is 13.1. The Morgan fingerprint density at radius 3 is 2.69 bits per heavy atom. The molecule has 138 valence electrons. The topological polar surface area (TPSA) is 53.2 Å². The molecule has 0 aromatic heterocycles. The summed E-state index contributed by atoms with van der Waals surface area (Å²) < 4.78 is 13.1. The van der Waals surface area contributed by atoms with Gasteiger partial charge in [-0.2, -0.15) is 11.8 Å². The quantitative estimate of drug-likeness (QED) is 0.349. The van der Waals surface area contributed by atoms with Crippen molar-refractivity contribution < 1.29 is 9.18 Å². The van der Waals surface area contributed by atoms with E-state index in [1.807, 2.05) is 6.07 Å². The number of hydrogen-bond donors (Lipinski definition) is 3. The molecular weight excluding hydrogens is 416 g/mol. The van der Waals surface area contributed by atoms with Crippen LogP contribution >= 0.6 is 47.2 Å². The van der Waals surface area contributed by atoms with Crippen LogP contribution in [0.5, 0.6) is 0 Å². The van der Waals surface area contributed by atoms with Crippen LogP contribution in [0.1, 0.15) is 12.0 Å². The maximum absolute atomic E-state index is 13.1. The van der Waals surface area contributed by atoms with Crippen LogP contribution < -0.4 is 16.2 Å². The van der Waals surface area contributed by atoms with E-state index in [2.05, 4.69) is 16.2 Å². The summed E-state index contributed by atoms with van der Waals surface area (Å²) in [5, 5.41) is 4.00. The lowest BCUT2D eigenvalue weighted by Crippen LogP contribution is -2.43. The van der Waals surface area contributed by atoms with Crippen molar-refractivity contribution in [3.05, 3.63) is 63.9 Å². The standard InChI is InChI=1S/C17H16Cl2FN3OS2/c18-12-4-5-15(14(19)9-12)21-17(25)23-22-16(24)6-7-26-10-11-2-1-3-13(20)8-11/h1-5,8-9H,6-7,10H2,(H,22,24)(H2,21,23,25). The van der Waals surface area contributed by atoms with Crippen molar-refractivity contribution in [2.75, 3.05) is 11.1 Å². The highest BCUT2D eigenvalue weighted by molar-refractivity contribution is 7.98. The summed E-state index contributed by atoms with van der Waals surface area (Å²) in [5.74, 6) is 0.788. The van der Waals surface area contributed by atoms with Crippen molar-refractivity contribution >= 4 is 63.9 Å². The van der Waals surface area contributed by atoms with E-state index in [1.165, 1.54) is 12.1 Å². The van der Waals surface area contributed by atoms with Crippen molar-refractivity contribution in [1.29, 1.82) is 0 Å². The smallest absolute Gasteiger partial charge is 0.239 e. The molecule has 0 saturated carbocycles. The van der Waals surface area contributed by atoms with E-state index < -0.39 is 0 Å². The molecule has 0 spiro atoms. The molecule has 26 heavy (non-hydrogen) atoms. The Labute approximate surface area is 170 Å². The van der Waals surface area contributed by atoms with Gasteiger partial charge in [0.05, 0.1) is 10.7 Å². The van der Waals surface area contributed by atoms with E-state index in [4.69, 9.17) is 35.4 Å². The largest absolute Gasteiger partial charge is 0.330 e. The zero-order valence-electron chi connectivity index (χ0n) is 13.5. The summed E-state index contributed by atoms with van der Waals surface area (Å²) in [4.78, 5) is 11.8. The van der Waals surface area contributed by atoms with Gasteiger partial charge in [-0.15, -0.1) is 0 Å². The molecule has 0 atom stereocenters. The van der Waals surface area contributed by atoms with Gasteiger partial charge in [0.25, 0.3) is 0 Å². The Balaban J connectivity index is 1.64. The monoisotopic (exact) mass is 431 g/mol. The average Bonchev–Trinajstić information content (AvgIpc) is 2.59. The zero-order valence-corrected chi connectivity index (χ0v) is 16.7. The summed E-state index contributed by atoms with van der Waals surface area (Å²) in [6.45, 7) is 0. The molecule has 2 aromatic rings. The molecule has 2 rings (SSSR count). The molecule has 0 unspecified atom stereocenters. The third-order valence-electron chi connectivity index (χ3n) is 3.13. The van der Waals surface area contributed by atoms with Crippen LogP contribution in [0, 0.1) is 5.82 Å².